The predicted octanol–water partition coefficient (Wildman–Crippen LogP) is 3.54. The smallest absolute Gasteiger partial charge is 0.190 e. The zero-order chi connectivity index (χ0) is 19.6. The Bertz CT molecular complexity index is 861. The third-order valence-corrected chi connectivity index (χ3v) is 4.51. The van der Waals surface area contributed by atoms with Gasteiger partial charge in [-0.15, -0.1) is 24.0 Å². The Morgan fingerprint density at radius 1 is 0.966 bits per heavy atom. The summed E-state index contributed by atoms with van der Waals surface area (Å²) in [7, 11) is 1.79. The van der Waals surface area contributed by atoms with Gasteiger partial charge in [0.1, 0.15) is 5.75 Å². The molecular formula is C22H28IN5O. The van der Waals surface area contributed by atoms with Crippen LogP contribution >= 0.6 is 24.0 Å². The van der Waals surface area contributed by atoms with E-state index in [9.17, 15) is 5.11 Å². The molecule has 3 N–H and O–H groups in total. The second kappa shape index (κ2) is 12.1. The maximum absolute atomic E-state index is 9.31. The molecule has 0 unspecified atom stereocenters. The Hall–Kier alpha value is -2.55. The third-order valence-electron chi connectivity index (χ3n) is 4.51. The van der Waals surface area contributed by atoms with Gasteiger partial charge in [-0.1, -0.05) is 24.3 Å². The first kappa shape index (κ1) is 22.7. The largest absolute Gasteiger partial charge is 0.508 e. The Labute approximate surface area is 189 Å². The van der Waals surface area contributed by atoms with E-state index in [1.165, 1.54) is 11.1 Å². The molecule has 0 fully saturated rings. The van der Waals surface area contributed by atoms with Crippen LogP contribution in [0.5, 0.6) is 5.75 Å². The van der Waals surface area contributed by atoms with E-state index in [1.807, 2.05) is 29.1 Å². The lowest BCUT2D eigenvalue weighted by molar-refractivity contribution is 0.475. The molecule has 3 aromatic rings. The summed E-state index contributed by atoms with van der Waals surface area (Å²) in [4.78, 5) is 4.27. The van der Waals surface area contributed by atoms with Crippen molar-refractivity contribution in [2.24, 2.45) is 4.99 Å². The minimum Gasteiger partial charge on any atom is -0.508 e. The maximum atomic E-state index is 9.31. The molecule has 3 rings (SSSR count). The zero-order valence-corrected chi connectivity index (χ0v) is 18.9. The number of rotatable bonds is 8. The van der Waals surface area contributed by atoms with Crippen molar-refractivity contribution in [1.82, 2.24) is 20.4 Å². The average Bonchev–Trinajstić information content (AvgIpc) is 3.26. The number of aliphatic imine (C=N–C) groups is 1. The fourth-order valence-corrected chi connectivity index (χ4v) is 2.94. The van der Waals surface area contributed by atoms with E-state index in [4.69, 9.17) is 0 Å². The second-order valence-corrected chi connectivity index (χ2v) is 6.56. The van der Waals surface area contributed by atoms with E-state index < -0.39 is 0 Å². The van der Waals surface area contributed by atoms with Gasteiger partial charge >= 0.3 is 0 Å². The van der Waals surface area contributed by atoms with Crippen LogP contribution in [0.3, 0.4) is 0 Å². The van der Waals surface area contributed by atoms with E-state index >= 15 is 0 Å². The van der Waals surface area contributed by atoms with Gasteiger partial charge in [-0.2, -0.15) is 5.10 Å². The van der Waals surface area contributed by atoms with E-state index in [0.29, 0.717) is 5.75 Å². The minimum atomic E-state index is 0. The Balaban J connectivity index is 0.00000300. The SMILES string of the molecule is CN=C(NCCCc1ccc(O)cc1)NCCc1ccc(-n2cccn2)cc1.I. The number of phenolic OH excluding ortho intramolecular Hbond substituents is 1. The summed E-state index contributed by atoms with van der Waals surface area (Å²) in [6.45, 7) is 1.66. The van der Waals surface area contributed by atoms with Gasteiger partial charge in [0.2, 0.25) is 0 Å². The lowest BCUT2D eigenvalue weighted by atomic mass is 10.1. The number of aromatic nitrogens is 2. The van der Waals surface area contributed by atoms with Crippen LogP contribution in [-0.2, 0) is 12.8 Å². The number of benzene rings is 2. The monoisotopic (exact) mass is 505 g/mol. The Kier molecular flexibility index (Phi) is 9.49. The summed E-state index contributed by atoms with van der Waals surface area (Å²) >= 11 is 0. The van der Waals surface area contributed by atoms with Crippen LogP contribution in [0.4, 0.5) is 0 Å². The van der Waals surface area contributed by atoms with Crippen LogP contribution in [0.1, 0.15) is 17.5 Å². The summed E-state index contributed by atoms with van der Waals surface area (Å²) in [5.74, 6) is 1.13. The lowest BCUT2D eigenvalue weighted by Crippen LogP contribution is -2.38. The van der Waals surface area contributed by atoms with E-state index in [1.54, 1.807) is 25.4 Å². The molecule has 0 spiro atoms. The molecule has 0 radical (unpaired) electrons. The summed E-state index contributed by atoms with van der Waals surface area (Å²) in [5, 5.41) is 20.3. The van der Waals surface area contributed by atoms with Crippen LogP contribution in [0.15, 0.2) is 72.0 Å². The van der Waals surface area contributed by atoms with Crippen molar-refractivity contribution in [1.29, 1.82) is 0 Å². The molecule has 0 atom stereocenters. The van der Waals surface area contributed by atoms with Gasteiger partial charge in [0.25, 0.3) is 0 Å². The summed E-state index contributed by atoms with van der Waals surface area (Å²) < 4.78 is 1.85. The molecule has 0 saturated heterocycles. The van der Waals surface area contributed by atoms with Gasteiger partial charge in [0.05, 0.1) is 5.69 Å². The molecule has 29 heavy (non-hydrogen) atoms. The Morgan fingerprint density at radius 2 is 1.62 bits per heavy atom. The van der Waals surface area contributed by atoms with Crippen LogP contribution in [-0.4, -0.2) is 41.0 Å². The second-order valence-electron chi connectivity index (χ2n) is 6.56. The average molecular weight is 505 g/mol. The highest BCUT2D eigenvalue weighted by Gasteiger charge is 2.00. The molecule has 0 amide bonds. The first-order valence-electron chi connectivity index (χ1n) is 9.56. The van der Waals surface area contributed by atoms with Crippen molar-refractivity contribution < 1.29 is 5.11 Å². The summed E-state index contributed by atoms with van der Waals surface area (Å²) in [6.07, 6.45) is 6.61. The van der Waals surface area contributed by atoms with Crippen molar-refractivity contribution in [3.05, 3.63) is 78.1 Å². The third kappa shape index (κ3) is 7.41. The lowest BCUT2D eigenvalue weighted by Gasteiger charge is -2.12. The number of hydrogen-bond acceptors (Lipinski definition) is 3. The zero-order valence-electron chi connectivity index (χ0n) is 16.6. The molecule has 6 nitrogen and oxygen atoms in total. The highest BCUT2D eigenvalue weighted by atomic mass is 127. The molecule has 0 saturated carbocycles. The topological polar surface area (TPSA) is 74.5 Å². The van der Waals surface area contributed by atoms with Crippen LogP contribution in [0.25, 0.3) is 5.69 Å². The molecular weight excluding hydrogens is 477 g/mol. The minimum absolute atomic E-state index is 0. The number of guanidine groups is 1. The fraction of sp³-hybridized carbons (Fsp3) is 0.273. The van der Waals surface area contributed by atoms with Crippen LogP contribution in [0.2, 0.25) is 0 Å². The molecule has 1 aromatic heterocycles. The van der Waals surface area contributed by atoms with E-state index in [2.05, 4.69) is 45.0 Å². The number of aryl methyl sites for hydroxylation is 1. The summed E-state index contributed by atoms with van der Waals surface area (Å²) in [5.41, 5.74) is 3.56. The standard InChI is InChI=1S/C22H27N5O.HI/c1-23-22(24-14-2-4-18-7-11-21(28)12-8-18)25-16-13-19-5-9-20(10-6-19)27-17-3-15-26-27;/h3,5-12,15,17,28H,2,4,13-14,16H2,1H3,(H2,23,24,25);1H. The number of aromatic hydroxyl groups is 1. The highest BCUT2D eigenvalue weighted by molar-refractivity contribution is 14.0. The van der Waals surface area contributed by atoms with E-state index in [0.717, 1.165) is 44.0 Å². The van der Waals surface area contributed by atoms with Crippen LogP contribution < -0.4 is 10.6 Å². The summed E-state index contributed by atoms with van der Waals surface area (Å²) in [6, 6.07) is 17.7. The molecule has 0 aliphatic heterocycles. The van der Waals surface area contributed by atoms with Gasteiger partial charge < -0.3 is 15.7 Å². The first-order valence-corrected chi connectivity index (χ1v) is 9.56. The number of halogens is 1. The van der Waals surface area contributed by atoms with Crippen molar-refractivity contribution in [3.63, 3.8) is 0 Å². The number of nitrogens with one attached hydrogen (secondary N) is 2. The molecule has 0 bridgehead atoms. The Morgan fingerprint density at radius 3 is 2.28 bits per heavy atom. The predicted molar refractivity (Wildman–Crippen MR) is 128 cm³/mol. The first-order chi connectivity index (χ1) is 13.7. The van der Waals surface area contributed by atoms with Gasteiger partial charge in [0.15, 0.2) is 5.96 Å². The molecule has 1 heterocycles. The number of hydrogen-bond donors (Lipinski definition) is 3. The molecule has 7 heteroatoms. The normalized spacial score (nSPS) is 11.0. The maximum Gasteiger partial charge on any atom is 0.190 e. The molecule has 0 aliphatic rings. The van der Waals surface area contributed by atoms with Crippen molar-refractivity contribution in [2.75, 3.05) is 20.1 Å². The van der Waals surface area contributed by atoms with Crippen molar-refractivity contribution in [3.8, 4) is 11.4 Å². The number of nitrogens with zero attached hydrogens (tertiary/aromatic N) is 3. The van der Waals surface area contributed by atoms with Crippen LogP contribution in [0, 0.1) is 0 Å². The van der Waals surface area contributed by atoms with Gasteiger partial charge in [-0.25, -0.2) is 4.68 Å². The molecule has 0 aliphatic carbocycles. The van der Waals surface area contributed by atoms with Gasteiger partial charge in [-0.3, -0.25) is 4.99 Å². The fourth-order valence-electron chi connectivity index (χ4n) is 2.94. The quantitative estimate of drug-likeness (QED) is 0.190. The van der Waals surface area contributed by atoms with Crippen molar-refractivity contribution in [2.45, 2.75) is 19.3 Å². The van der Waals surface area contributed by atoms with E-state index in [-0.39, 0.29) is 24.0 Å². The molecule has 2 aromatic carbocycles. The van der Waals surface area contributed by atoms with Gasteiger partial charge in [-0.05, 0) is 60.7 Å². The highest BCUT2D eigenvalue weighted by Crippen LogP contribution is 2.11. The van der Waals surface area contributed by atoms with Gasteiger partial charge in [0, 0.05) is 32.5 Å². The van der Waals surface area contributed by atoms with Crippen molar-refractivity contribution >= 4 is 29.9 Å². The number of phenols is 1. The molecule has 154 valence electrons.